The van der Waals surface area contributed by atoms with E-state index in [9.17, 15) is 0 Å². The van der Waals surface area contributed by atoms with Crippen LogP contribution in [0.15, 0.2) is 16.6 Å². The average molecular weight is 357 g/mol. The molecule has 0 radical (unpaired) electrons. The normalized spacial score (nSPS) is 13.7. The first-order valence-electron chi connectivity index (χ1n) is 7.53. The Morgan fingerprint density at radius 2 is 1.90 bits per heavy atom. The summed E-state index contributed by atoms with van der Waals surface area (Å²) in [5.41, 5.74) is 1.20. The summed E-state index contributed by atoms with van der Waals surface area (Å²) in [5, 5.41) is 3.50. The van der Waals surface area contributed by atoms with E-state index in [1.54, 1.807) is 0 Å². The van der Waals surface area contributed by atoms with Gasteiger partial charge in [0.15, 0.2) is 11.5 Å². The SMILES string of the molecule is CC(C)N(CCNCc1cc(Br)c2c(c1)OCO2)C(C)C. The van der Waals surface area contributed by atoms with Crippen molar-refractivity contribution in [2.75, 3.05) is 19.9 Å². The molecule has 1 heterocycles. The van der Waals surface area contributed by atoms with Crippen molar-refractivity contribution in [3.8, 4) is 11.5 Å². The van der Waals surface area contributed by atoms with E-state index in [4.69, 9.17) is 9.47 Å². The van der Waals surface area contributed by atoms with Crippen LogP contribution >= 0.6 is 15.9 Å². The maximum absolute atomic E-state index is 5.44. The summed E-state index contributed by atoms with van der Waals surface area (Å²) in [5.74, 6) is 1.64. The summed E-state index contributed by atoms with van der Waals surface area (Å²) >= 11 is 3.53. The molecule has 4 nitrogen and oxygen atoms in total. The van der Waals surface area contributed by atoms with E-state index < -0.39 is 0 Å². The molecule has 0 saturated carbocycles. The molecule has 0 atom stereocenters. The molecule has 0 amide bonds. The molecule has 1 aliphatic heterocycles. The second-order valence-corrected chi connectivity index (χ2v) is 6.77. The monoisotopic (exact) mass is 356 g/mol. The molecule has 1 aromatic carbocycles. The molecular weight excluding hydrogens is 332 g/mol. The fourth-order valence-corrected chi connectivity index (χ4v) is 3.28. The molecule has 1 aromatic rings. The molecule has 0 unspecified atom stereocenters. The lowest BCUT2D eigenvalue weighted by atomic mass is 10.2. The Hall–Kier alpha value is -0.780. The molecule has 0 bridgehead atoms. The fourth-order valence-electron chi connectivity index (χ4n) is 2.68. The van der Waals surface area contributed by atoms with Crippen LogP contribution < -0.4 is 14.8 Å². The van der Waals surface area contributed by atoms with Gasteiger partial charge in [0.25, 0.3) is 0 Å². The van der Waals surface area contributed by atoms with Gasteiger partial charge in [0.1, 0.15) is 0 Å². The molecule has 118 valence electrons. The van der Waals surface area contributed by atoms with Crippen LogP contribution in [0.25, 0.3) is 0 Å². The Morgan fingerprint density at radius 1 is 1.19 bits per heavy atom. The highest BCUT2D eigenvalue weighted by molar-refractivity contribution is 9.10. The number of halogens is 1. The zero-order valence-corrected chi connectivity index (χ0v) is 14.9. The number of nitrogens with one attached hydrogen (secondary N) is 1. The van der Waals surface area contributed by atoms with Gasteiger partial charge in [-0.05, 0) is 61.3 Å². The van der Waals surface area contributed by atoms with Gasteiger partial charge < -0.3 is 14.8 Å². The lowest BCUT2D eigenvalue weighted by Crippen LogP contribution is -2.41. The van der Waals surface area contributed by atoms with E-state index in [1.165, 1.54) is 5.56 Å². The molecule has 0 saturated heterocycles. The summed E-state index contributed by atoms with van der Waals surface area (Å²) in [4.78, 5) is 2.49. The first kappa shape index (κ1) is 16.6. The number of benzene rings is 1. The average Bonchev–Trinajstić information content (AvgIpc) is 2.86. The lowest BCUT2D eigenvalue weighted by Gasteiger charge is -2.30. The first-order chi connectivity index (χ1) is 9.99. The highest BCUT2D eigenvalue weighted by Crippen LogP contribution is 2.39. The second kappa shape index (κ2) is 7.47. The van der Waals surface area contributed by atoms with Crippen molar-refractivity contribution in [1.82, 2.24) is 10.2 Å². The Labute approximate surface area is 135 Å². The van der Waals surface area contributed by atoms with Crippen molar-refractivity contribution in [1.29, 1.82) is 0 Å². The summed E-state index contributed by atoms with van der Waals surface area (Å²) in [6.45, 7) is 12.2. The molecule has 1 N–H and O–H groups in total. The van der Waals surface area contributed by atoms with E-state index >= 15 is 0 Å². The van der Waals surface area contributed by atoms with Gasteiger partial charge in [0.2, 0.25) is 6.79 Å². The number of nitrogens with zero attached hydrogens (tertiary/aromatic N) is 1. The maximum atomic E-state index is 5.44. The molecule has 1 aliphatic rings. The van der Waals surface area contributed by atoms with Gasteiger partial charge in [-0.3, -0.25) is 4.90 Å². The molecule has 0 fully saturated rings. The minimum Gasteiger partial charge on any atom is -0.454 e. The van der Waals surface area contributed by atoms with Crippen molar-refractivity contribution in [3.05, 3.63) is 22.2 Å². The molecule has 0 spiro atoms. The van der Waals surface area contributed by atoms with Crippen molar-refractivity contribution >= 4 is 15.9 Å². The summed E-state index contributed by atoms with van der Waals surface area (Å²) in [6, 6.07) is 5.28. The molecule has 0 aromatic heterocycles. The fraction of sp³-hybridized carbons (Fsp3) is 0.625. The van der Waals surface area contributed by atoms with E-state index in [1.807, 2.05) is 6.07 Å². The van der Waals surface area contributed by atoms with Gasteiger partial charge in [-0.1, -0.05) is 0 Å². The Kier molecular flexibility index (Phi) is 5.90. The van der Waals surface area contributed by atoms with Gasteiger partial charge in [0, 0.05) is 31.7 Å². The van der Waals surface area contributed by atoms with E-state index in [2.05, 4.69) is 59.9 Å². The summed E-state index contributed by atoms with van der Waals surface area (Å²) < 4.78 is 11.8. The second-order valence-electron chi connectivity index (χ2n) is 5.91. The highest BCUT2D eigenvalue weighted by Gasteiger charge is 2.18. The van der Waals surface area contributed by atoms with E-state index in [-0.39, 0.29) is 0 Å². The Morgan fingerprint density at radius 3 is 2.57 bits per heavy atom. The number of fused-ring (bicyclic) bond motifs is 1. The van der Waals surface area contributed by atoms with Gasteiger partial charge >= 0.3 is 0 Å². The van der Waals surface area contributed by atoms with Gasteiger partial charge in [-0.2, -0.15) is 0 Å². The van der Waals surface area contributed by atoms with Crippen LogP contribution in [0.1, 0.15) is 33.3 Å². The number of hydrogen-bond donors (Lipinski definition) is 1. The van der Waals surface area contributed by atoms with Gasteiger partial charge in [-0.15, -0.1) is 0 Å². The molecule has 5 heteroatoms. The third kappa shape index (κ3) is 4.34. The quantitative estimate of drug-likeness (QED) is 0.759. The largest absolute Gasteiger partial charge is 0.454 e. The van der Waals surface area contributed by atoms with E-state index in [0.717, 1.165) is 35.6 Å². The summed E-state index contributed by atoms with van der Waals surface area (Å²) in [7, 11) is 0. The van der Waals surface area contributed by atoms with Crippen molar-refractivity contribution < 1.29 is 9.47 Å². The topological polar surface area (TPSA) is 33.7 Å². The zero-order chi connectivity index (χ0) is 15.4. The predicted octanol–water partition coefficient (Wildman–Crippen LogP) is 3.39. The van der Waals surface area contributed by atoms with Gasteiger partial charge in [-0.25, -0.2) is 0 Å². The zero-order valence-electron chi connectivity index (χ0n) is 13.3. The minimum absolute atomic E-state index is 0.308. The first-order valence-corrected chi connectivity index (χ1v) is 8.32. The van der Waals surface area contributed by atoms with Gasteiger partial charge in [0.05, 0.1) is 4.47 Å². The van der Waals surface area contributed by atoms with Crippen LogP contribution in [-0.2, 0) is 6.54 Å². The van der Waals surface area contributed by atoms with Crippen molar-refractivity contribution in [2.24, 2.45) is 0 Å². The van der Waals surface area contributed by atoms with Crippen LogP contribution in [0.2, 0.25) is 0 Å². The predicted molar refractivity (Wildman–Crippen MR) is 88.9 cm³/mol. The Balaban J connectivity index is 1.83. The summed E-state index contributed by atoms with van der Waals surface area (Å²) in [6.07, 6.45) is 0. The van der Waals surface area contributed by atoms with Crippen LogP contribution in [0.3, 0.4) is 0 Å². The van der Waals surface area contributed by atoms with Crippen LogP contribution in [0, 0.1) is 0 Å². The smallest absolute Gasteiger partial charge is 0.231 e. The molecular formula is C16H25BrN2O2. The number of ether oxygens (including phenoxy) is 2. The van der Waals surface area contributed by atoms with Crippen LogP contribution in [0.5, 0.6) is 11.5 Å². The highest BCUT2D eigenvalue weighted by atomic mass is 79.9. The third-order valence-corrected chi connectivity index (χ3v) is 4.28. The van der Waals surface area contributed by atoms with Crippen molar-refractivity contribution in [2.45, 2.75) is 46.3 Å². The van der Waals surface area contributed by atoms with Crippen LogP contribution in [0.4, 0.5) is 0 Å². The molecule has 21 heavy (non-hydrogen) atoms. The molecule has 0 aliphatic carbocycles. The van der Waals surface area contributed by atoms with Crippen LogP contribution in [-0.4, -0.2) is 36.9 Å². The molecule has 2 rings (SSSR count). The standard InChI is InChI=1S/C16H25BrN2O2/c1-11(2)19(12(3)4)6-5-18-9-13-7-14(17)16-15(8-13)20-10-21-16/h7-8,11-12,18H,5-6,9-10H2,1-4H3. The lowest BCUT2D eigenvalue weighted by molar-refractivity contribution is 0.173. The number of hydrogen-bond acceptors (Lipinski definition) is 4. The third-order valence-electron chi connectivity index (χ3n) is 3.69. The minimum atomic E-state index is 0.308. The number of rotatable bonds is 7. The van der Waals surface area contributed by atoms with E-state index in [0.29, 0.717) is 18.9 Å². The Bertz CT molecular complexity index is 470. The van der Waals surface area contributed by atoms with Crippen molar-refractivity contribution in [3.63, 3.8) is 0 Å². The maximum Gasteiger partial charge on any atom is 0.231 e.